The molecule has 0 saturated carbocycles. The van der Waals surface area contributed by atoms with E-state index in [0.717, 1.165) is 17.8 Å². The van der Waals surface area contributed by atoms with Gasteiger partial charge in [-0.1, -0.05) is 23.9 Å². The number of thioether (sulfide) groups is 1. The third kappa shape index (κ3) is 5.36. The summed E-state index contributed by atoms with van der Waals surface area (Å²) >= 11 is 0.956. The van der Waals surface area contributed by atoms with Crippen LogP contribution >= 0.6 is 11.8 Å². The molecule has 12 heteroatoms. The monoisotopic (exact) mass is 410 g/mol. The van der Waals surface area contributed by atoms with E-state index in [1.165, 1.54) is 30.7 Å². The number of rotatable bonds is 7. The molecule has 0 unspecified atom stereocenters. The molecular formula is C16H13F3N6O2S. The molecule has 1 amide bonds. The topological polar surface area (TPSA) is 108 Å². The van der Waals surface area contributed by atoms with E-state index in [2.05, 4.69) is 31.0 Å². The molecule has 0 radical (unpaired) electrons. The second-order valence-corrected chi connectivity index (χ2v) is 6.17. The van der Waals surface area contributed by atoms with Gasteiger partial charge >= 0.3 is 6.18 Å². The van der Waals surface area contributed by atoms with E-state index in [1.807, 2.05) is 0 Å². The summed E-state index contributed by atoms with van der Waals surface area (Å²) in [6.07, 6.45) is -1.62. The van der Waals surface area contributed by atoms with Crippen LogP contribution < -0.4 is 10.7 Å². The number of halogens is 3. The van der Waals surface area contributed by atoms with Gasteiger partial charge in [0.15, 0.2) is 0 Å². The number of anilines is 2. The zero-order chi connectivity index (χ0) is 20.0. The van der Waals surface area contributed by atoms with Crippen LogP contribution in [0.4, 0.5) is 24.8 Å². The molecule has 0 aliphatic rings. The second kappa shape index (κ2) is 8.61. The lowest BCUT2D eigenvalue weighted by molar-refractivity contribution is -0.137. The van der Waals surface area contributed by atoms with Gasteiger partial charge in [0.05, 0.1) is 29.5 Å². The van der Waals surface area contributed by atoms with Gasteiger partial charge in [-0.25, -0.2) is 10.5 Å². The Bertz CT molecular complexity index is 955. The highest BCUT2D eigenvalue weighted by molar-refractivity contribution is 7.99. The van der Waals surface area contributed by atoms with Gasteiger partial charge in [-0.2, -0.15) is 23.3 Å². The first kappa shape index (κ1) is 19.5. The van der Waals surface area contributed by atoms with E-state index in [4.69, 9.17) is 4.42 Å². The number of nitrogens with zero attached hydrogens (tertiary/aromatic N) is 3. The highest BCUT2D eigenvalue weighted by Gasteiger charge is 2.33. The normalized spacial score (nSPS) is 11.7. The molecule has 3 aromatic rings. The Morgan fingerprint density at radius 1 is 1.29 bits per heavy atom. The number of furan rings is 1. The van der Waals surface area contributed by atoms with E-state index in [1.54, 1.807) is 12.1 Å². The Hall–Kier alpha value is -3.28. The smallest absolute Gasteiger partial charge is 0.418 e. The van der Waals surface area contributed by atoms with Crippen molar-refractivity contribution in [3.05, 3.63) is 54.0 Å². The van der Waals surface area contributed by atoms with Crippen LogP contribution in [0.1, 0.15) is 11.3 Å². The van der Waals surface area contributed by atoms with Crippen molar-refractivity contribution in [3.63, 3.8) is 0 Å². The van der Waals surface area contributed by atoms with Crippen LogP contribution in [0, 0.1) is 0 Å². The van der Waals surface area contributed by atoms with Gasteiger partial charge < -0.3 is 9.73 Å². The molecule has 0 aliphatic heterocycles. The number of aromatic amines is 1. The van der Waals surface area contributed by atoms with Crippen LogP contribution in [0.25, 0.3) is 0 Å². The lowest BCUT2D eigenvalue weighted by atomic mass is 10.1. The maximum Gasteiger partial charge on any atom is 0.418 e. The molecule has 2 aromatic heterocycles. The predicted octanol–water partition coefficient (Wildman–Crippen LogP) is 3.59. The van der Waals surface area contributed by atoms with Gasteiger partial charge in [0, 0.05) is 0 Å². The zero-order valence-corrected chi connectivity index (χ0v) is 14.8. The van der Waals surface area contributed by atoms with Gasteiger partial charge in [0.1, 0.15) is 5.76 Å². The fourth-order valence-corrected chi connectivity index (χ4v) is 2.64. The standard InChI is InChI=1S/C16H13F3N6O2S/c17-16(18,19)11-5-1-2-6-12(11)21-13(26)9-28-15-22-14(24-25-15)23-20-8-10-4-3-7-27-10/h1-8H,9H2,(H,21,26)(H2,22,23,24,25)/b20-8-. The van der Waals surface area contributed by atoms with Crippen LogP contribution in [0.3, 0.4) is 0 Å². The van der Waals surface area contributed by atoms with Crippen LogP contribution in [-0.4, -0.2) is 33.1 Å². The van der Waals surface area contributed by atoms with Crippen molar-refractivity contribution >= 4 is 35.5 Å². The van der Waals surface area contributed by atoms with Crippen molar-refractivity contribution in [2.24, 2.45) is 5.10 Å². The van der Waals surface area contributed by atoms with Crippen molar-refractivity contribution in [1.82, 2.24) is 15.2 Å². The lowest BCUT2D eigenvalue weighted by Gasteiger charge is -2.13. The number of carbonyl (C=O) groups excluding carboxylic acids is 1. The second-order valence-electron chi connectivity index (χ2n) is 5.23. The molecule has 8 nitrogen and oxygen atoms in total. The van der Waals surface area contributed by atoms with Crippen molar-refractivity contribution < 1.29 is 22.4 Å². The molecule has 0 bridgehead atoms. The summed E-state index contributed by atoms with van der Waals surface area (Å²) in [5.41, 5.74) is 1.39. The number of hydrazone groups is 1. The summed E-state index contributed by atoms with van der Waals surface area (Å²) in [6.45, 7) is 0. The van der Waals surface area contributed by atoms with Gasteiger partial charge in [-0.15, -0.1) is 5.10 Å². The van der Waals surface area contributed by atoms with E-state index < -0.39 is 17.6 Å². The molecule has 3 N–H and O–H groups in total. The molecule has 3 rings (SSSR count). The quantitative estimate of drug-likeness (QED) is 0.312. The van der Waals surface area contributed by atoms with E-state index in [-0.39, 0.29) is 22.5 Å². The van der Waals surface area contributed by atoms with Crippen molar-refractivity contribution in [2.75, 3.05) is 16.5 Å². The Labute approximate surface area is 160 Å². The van der Waals surface area contributed by atoms with Gasteiger partial charge in [-0.05, 0) is 24.3 Å². The summed E-state index contributed by atoms with van der Waals surface area (Å²) in [5, 5.41) is 12.8. The van der Waals surface area contributed by atoms with Crippen molar-refractivity contribution in [1.29, 1.82) is 0 Å². The average Bonchev–Trinajstić information content (AvgIpc) is 3.32. The summed E-state index contributed by atoms with van der Waals surface area (Å²) < 4.78 is 43.9. The number of carbonyl (C=O) groups is 1. The number of benzene rings is 1. The lowest BCUT2D eigenvalue weighted by Crippen LogP contribution is -2.18. The van der Waals surface area contributed by atoms with Crippen molar-refractivity contribution in [2.45, 2.75) is 11.3 Å². The van der Waals surface area contributed by atoms with Crippen LogP contribution in [-0.2, 0) is 11.0 Å². The van der Waals surface area contributed by atoms with E-state index in [9.17, 15) is 18.0 Å². The predicted molar refractivity (Wildman–Crippen MR) is 97.1 cm³/mol. The Kier molecular flexibility index (Phi) is 5.99. The van der Waals surface area contributed by atoms with Gasteiger partial charge in [-0.3, -0.25) is 4.79 Å². The fourth-order valence-electron chi connectivity index (χ4n) is 2.04. The van der Waals surface area contributed by atoms with Crippen molar-refractivity contribution in [3.8, 4) is 0 Å². The van der Waals surface area contributed by atoms with E-state index >= 15 is 0 Å². The van der Waals surface area contributed by atoms with Gasteiger partial charge in [0.25, 0.3) is 0 Å². The summed E-state index contributed by atoms with van der Waals surface area (Å²) in [6, 6.07) is 8.18. The molecule has 0 saturated heterocycles. The minimum atomic E-state index is -4.56. The summed E-state index contributed by atoms with van der Waals surface area (Å²) in [5.74, 6) is -0.0125. The Morgan fingerprint density at radius 2 is 2.11 bits per heavy atom. The van der Waals surface area contributed by atoms with Crippen LogP contribution in [0.15, 0.2) is 57.3 Å². The highest BCUT2D eigenvalue weighted by Crippen LogP contribution is 2.34. The number of nitrogens with one attached hydrogen (secondary N) is 3. The Balaban J connectivity index is 1.51. The molecular weight excluding hydrogens is 397 g/mol. The molecule has 1 aromatic carbocycles. The number of hydrogen-bond donors (Lipinski definition) is 3. The summed E-state index contributed by atoms with van der Waals surface area (Å²) in [4.78, 5) is 16.0. The zero-order valence-electron chi connectivity index (χ0n) is 14.0. The Morgan fingerprint density at radius 3 is 2.86 bits per heavy atom. The maximum atomic E-state index is 12.9. The largest absolute Gasteiger partial charge is 0.463 e. The molecule has 2 heterocycles. The third-order valence-corrected chi connectivity index (χ3v) is 4.06. The average molecular weight is 410 g/mol. The molecule has 0 aliphatic carbocycles. The molecule has 0 fully saturated rings. The first-order valence-electron chi connectivity index (χ1n) is 7.75. The number of aromatic nitrogens is 3. The molecule has 0 spiro atoms. The highest BCUT2D eigenvalue weighted by atomic mass is 32.2. The first-order chi connectivity index (χ1) is 13.4. The number of H-pyrrole nitrogens is 1. The molecule has 0 atom stereocenters. The fraction of sp³-hybridized carbons (Fsp3) is 0.125. The molecule has 146 valence electrons. The number of amides is 1. The van der Waals surface area contributed by atoms with Crippen LogP contribution in [0.2, 0.25) is 0 Å². The minimum absolute atomic E-state index is 0.168. The van der Waals surface area contributed by atoms with Crippen LogP contribution in [0.5, 0.6) is 0 Å². The minimum Gasteiger partial charge on any atom is -0.463 e. The van der Waals surface area contributed by atoms with Gasteiger partial charge in [0.2, 0.25) is 17.0 Å². The van der Waals surface area contributed by atoms with E-state index in [0.29, 0.717) is 5.76 Å². The molecule has 28 heavy (non-hydrogen) atoms. The SMILES string of the molecule is O=C(CSc1n[nH]c(N/N=C\c2ccco2)n1)Nc1ccccc1C(F)(F)F. The summed E-state index contributed by atoms with van der Waals surface area (Å²) in [7, 11) is 0. The maximum absolute atomic E-state index is 12.9. The number of alkyl halides is 3. The number of para-hydroxylation sites is 1. The first-order valence-corrected chi connectivity index (χ1v) is 8.74. The third-order valence-electron chi connectivity index (χ3n) is 3.21. The number of hydrogen-bond acceptors (Lipinski definition) is 7.